The van der Waals surface area contributed by atoms with Crippen molar-refractivity contribution >= 4 is 27.3 Å². The number of alkyl halides is 1. The fourth-order valence-corrected chi connectivity index (χ4v) is 3.08. The van der Waals surface area contributed by atoms with E-state index in [1.807, 2.05) is 11.3 Å². The van der Waals surface area contributed by atoms with E-state index in [9.17, 15) is 0 Å². The lowest BCUT2D eigenvalue weighted by atomic mass is 10.0. The van der Waals surface area contributed by atoms with Crippen LogP contribution in [-0.4, -0.2) is 4.83 Å². The summed E-state index contributed by atoms with van der Waals surface area (Å²) in [6, 6.07) is 4.35. The third kappa shape index (κ3) is 4.82. The molecule has 0 aromatic carbocycles. The topological polar surface area (TPSA) is 0 Å². The van der Waals surface area contributed by atoms with Gasteiger partial charge in [0.15, 0.2) is 0 Å². The molecule has 0 aliphatic rings. The summed E-state index contributed by atoms with van der Waals surface area (Å²) in [6.07, 6.45) is 3.77. The van der Waals surface area contributed by atoms with Crippen LogP contribution in [0.1, 0.15) is 31.6 Å². The van der Waals surface area contributed by atoms with Gasteiger partial charge in [-0.2, -0.15) is 0 Å². The molecular formula is C11H17BrS. The Morgan fingerprint density at radius 3 is 2.77 bits per heavy atom. The van der Waals surface area contributed by atoms with Crippen LogP contribution in [0.3, 0.4) is 0 Å². The summed E-state index contributed by atoms with van der Waals surface area (Å²) in [4.78, 5) is 2.20. The van der Waals surface area contributed by atoms with Crippen LogP contribution in [0.5, 0.6) is 0 Å². The molecule has 74 valence electrons. The highest BCUT2D eigenvalue weighted by Gasteiger charge is 2.06. The molecule has 0 fully saturated rings. The molecule has 0 saturated carbocycles. The van der Waals surface area contributed by atoms with Crippen molar-refractivity contribution in [1.29, 1.82) is 0 Å². The molecule has 1 aromatic heterocycles. The molecular weight excluding hydrogens is 244 g/mol. The Bertz CT molecular complexity index is 216. The molecule has 0 aliphatic heterocycles. The number of rotatable bonds is 5. The first kappa shape index (κ1) is 11.3. The molecule has 0 nitrogen and oxygen atoms in total. The van der Waals surface area contributed by atoms with Crippen LogP contribution in [-0.2, 0) is 6.42 Å². The van der Waals surface area contributed by atoms with Gasteiger partial charge in [-0.15, -0.1) is 11.3 Å². The summed E-state index contributed by atoms with van der Waals surface area (Å²) >= 11 is 5.59. The molecule has 1 aromatic rings. The first-order chi connectivity index (χ1) is 6.18. The lowest BCUT2D eigenvalue weighted by molar-refractivity contribution is 0.555. The highest BCUT2D eigenvalue weighted by Crippen LogP contribution is 2.20. The van der Waals surface area contributed by atoms with Crippen LogP contribution < -0.4 is 0 Å². The normalized spacial score (nSPS) is 13.5. The summed E-state index contributed by atoms with van der Waals surface area (Å²) in [7, 11) is 0. The second kappa shape index (κ2) is 5.82. The molecule has 0 amide bonds. The number of hydrogen-bond donors (Lipinski definition) is 0. The van der Waals surface area contributed by atoms with Crippen molar-refractivity contribution in [2.75, 3.05) is 0 Å². The quantitative estimate of drug-likeness (QED) is 0.685. The van der Waals surface area contributed by atoms with Crippen LogP contribution in [0, 0.1) is 5.92 Å². The van der Waals surface area contributed by atoms with Gasteiger partial charge in [0.2, 0.25) is 0 Å². The maximum Gasteiger partial charge on any atom is 0.0151 e. The minimum absolute atomic E-state index is 0.689. The van der Waals surface area contributed by atoms with E-state index in [1.54, 1.807) is 0 Å². The van der Waals surface area contributed by atoms with Gasteiger partial charge >= 0.3 is 0 Å². The van der Waals surface area contributed by atoms with Crippen molar-refractivity contribution in [3.05, 3.63) is 22.4 Å². The van der Waals surface area contributed by atoms with E-state index in [0.29, 0.717) is 4.83 Å². The van der Waals surface area contributed by atoms with Gasteiger partial charge in [0.1, 0.15) is 0 Å². The maximum absolute atomic E-state index is 3.73. The van der Waals surface area contributed by atoms with Gasteiger partial charge in [-0.3, -0.25) is 0 Å². The summed E-state index contributed by atoms with van der Waals surface area (Å²) < 4.78 is 0. The number of aryl methyl sites for hydroxylation is 1. The van der Waals surface area contributed by atoms with Crippen LogP contribution in [0.25, 0.3) is 0 Å². The molecule has 0 spiro atoms. The number of hydrogen-bond acceptors (Lipinski definition) is 1. The summed E-state index contributed by atoms with van der Waals surface area (Å²) in [5, 5.41) is 2.15. The molecule has 1 atom stereocenters. The minimum atomic E-state index is 0.689. The fourth-order valence-electron chi connectivity index (χ4n) is 1.38. The Labute approximate surface area is 93.5 Å². The monoisotopic (exact) mass is 260 g/mol. The molecule has 0 bridgehead atoms. The molecule has 0 aliphatic carbocycles. The van der Waals surface area contributed by atoms with Crippen LogP contribution >= 0.6 is 27.3 Å². The lowest BCUT2D eigenvalue weighted by Gasteiger charge is -2.11. The summed E-state index contributed by atoms with van der Waals surface area (Å²) in [5.41, 5.74) is 0. The largest absolute Gasteiger partial charge is 0.149 e. The molecule has 0 N–H and O–H groups in total. The van der Waals surface area contributed by atoms with Gasteiger partial charge in [-0.05, 0) is 36.6 Å². The predicted octanol–water partition coefficient (Wildman–Crippen LogP) is 4.49. The Hall–Kier alpha value is 0.180. The first-order valence-electron chi connectivity index (χ1n) is 4.85. The zero-order valence-electron chi connectivity index (χ0n) is 8.29. The molecule has 1 heterocycles. The van der Waals surface area contributed by atoms with Gasteiger partial charge in [-0.1, -0.05) is 35.8 Å². The number of halogens is 1. The molecule has 1 unspecified atom stereocenters. The smallest absolute Gasteiger partial charge is 0.0151 e. The van der Waals surface area contributed by atoms with Crippen molar-refractivity contribution in [2.45, 2.75) is 37.9 Å². The van der Waals surface area contributed by atoms with Crippen molar-refractivity contribution < 1.29 is 0 Å². The van der Waals surface area contributed by atoms with Gasteiger partial charge in [0.25, 0.3) is 0 Å². The van der Waals surface area contributed by atoms with E-state index in [2.05, 4.69) is 47.3 Å². The Balaban J connectivity index is 2.19. The van der Waals surface area contributed by atoms with E-state index in [4.69, 9.17) is 0 Å². The average Bonchev–Trinajstić information content (AvgIpc) is 2.51. The second-order valence-corrected chi connectivity index (χ2v) is 6.17. The average molecular weight is 261 g/mol. The first-order valence-corrected chi connectivity index (χ1v) is 6.64. The van der Waals surface area contributed by atoms with Crippen molar-refractivity contribution in [2.24, 2.45) is 5.92 Å². The standard InChI is InChI=1S/C11H17BrS/c1-9(2)8-10(12)5-6-11-4-3-7-13-11/h3-4,7,9-10H,5-6,8H2,1-2H3. The summed E-state index contributed by atoms with van der Waals surface area (Å²) in [6.45, 7) is 4.55. The maximum atomic E-state index is 3.73. The van der Waals surface area contributed by atoms with Gasteiger partial charge in [0, 0.05) is 9.70 Å². The van der Waals surface area contributed by atoms with Gasteiger partial charge in [-0.25, -0.2) is 0 Å². The Morgan fingerprint density at radius 1 is 1.46 bits per heavy atom. The second-order valence-electron chi connectivity index (χ2n) is 3.84. The lowest BCUT2D eigenvalue weighted by Crippen LogP contribution is -2.03. The third-order valence-corrected chi connectivity index (χ3v) is 3.78. The molecule has 13 heavy (non-hydrogen) atoms. The van der Waals surface area contributed by atoms with E-state index < -0.39 is 0 Å². The SMILES string of the molecule is CC(C)CC(Br)CCc1cccs1. The van der Waals surface area contributed by atoms with E-state index in [0.717, 1.165) is 5.92 Å². The van der Waals surface area contributed by atoms with E-state index in [1.165, 1.54) is 24.1 Å². The van der Waals surface area contributed by atoms with Crippen molar-refractivity contribution in [3.8, 4) is 0 Å². The number of thiophene rings is 1. The molecule has 0 radical (unpaired) electrons. The van der Waals surface area contributed by atoms with Crippen molar-refractivity contribution in [3.63, 3.8) is 0 Å². The van der Waals surface area contributed by atoms with E-state index >= 15 is 0 Å². The van der Waals surface area contributed by atoms with E-state index in [-0.39, 0.29) is 0 Å². The molecule has 0 saturated heterocycles. The van der Waals surface area contributed by atoms with Crippen LogP contribution in [0.4, 0.5) is 0 Å². The predicted molar refractivity (Wildman–Crippen MR) is 64.8 cm³/mol. The summed E-state index contributed by atoms with van der Waals surface area (Å²) in [5.74, 6) is 0.799. The molecule has 2 heteroatoms. The minimum Gasteiger partial charge on any atom is -0.149 e. The Kier molecular flexibility index (Phi) is 5.04. The van der Waals surface area contributed by atoms with Crippen LogP contribution in [0.15, 0.2) is 17.5 Å². The van der Waals surface area contributed by atoms with Gasteiger partial charge in [0.05, 0.1) is 0 Å². The van der Waals surface area contributed by atoms with Crippen LogP contribution in [0.2, 0.25) is 0 Å². The Morgan fingerprint density at radius 2 is 2.23 bits per heavy atom. The van der Waals surface area contributed by atoms with Gasteiger partial charge < -0.3 is 0 Å². The molecule has 1 rings (SSSR count). The third-order valence-electron chi connectivity index (χ3n) is 2.01. The zero-order chi connectivity index (χ0) is 9.68. The fraction of sp³-hybridized carbons (Fsp3) is 0.636. The zero-order valence-corrected chi connectivity index (χ0v) is 10.7. The highest BCUT2D eigenvalue weighted by atomic mass is 79.9. The van der Waals surface area contributed by atoms with Crippen molar-refractivity contribution in [1.82, 2.24) is 0 Å². The highest BCUT2D eigenvalue weighted by molar-refractivity contribution is 9.09.